The van der Waals surface area contributed by atoms with Gasteiger partial charge in [-0.25, -0.2) is 0 Å². The fraction of sp³-hybridized carbons (Fsp3) is 0.381. The molecule has 3 aromatic rings. The average Bonchev–Trinajstić information content (AvgIpc) is 3.38. The van der Waals surface area contributed by atoms with Crippen LogP contribution in [0, 0.1) is 0 Å². The molecule has 1 amide bonds. The van der Waals surface area contributed by atoms with E-state index in [2.05, 4.69) is 27.9 Å². The molecular formula is C21H22N4O. The number of likely N-dealkylation sites (tertiary alicyclic amines) is 1. The summed E-state index contributed by atoms with van der Waals surface area (Å²) in [7, 11) is 0. The highest BCUT2D eigenvalue weighted by Gasteiger charge is 2.46. The predicted molar refractivity (Wildman–Crippen MR) is 101 cm³/mol. The average molecular weight is 346 g/mol. The lowest BCUT2D eigenvalue weighted by Crippen LogP contribution is -2.32. The molecule has 1 saturated heterocycles. The number of nitrogens with zero attached hydrogens (tertiary/aromatic N) is 4. The first-order valence-electron chi connectivity index (χ1n) is 9.40. The number of amides is 1. The Kier molecular flexibility index (Phi) is 3.39. The van der Waals surface area contributed by atoms with Crippen molar-refractivity contribution in [2.24, 2.45) is 0 Å². The van der Waals surface area contributed by atoms with Crippen molar-refractivity contribution in [1.29, 1.82) is 0 Å². The molecule has 5 heteroatoms. The minimum absolute atomic E-state index is 0.0837. The number of aryl methyl sites for hydroxylation is 1. The van der Waals surface area contributed by atoms with Gasteiger partial charge in [-0.2, -0.15) is 5.10 Å². The van der Waals surface area contributed by atoms with E-state index in [0.717, 1.165) is 54.6 Å². The number of carbonyl (C=O) groups is 1. The van der Waals surface area contributed by atoms with Gasteiger partial charge in [0.05, 0.1) is 11.2 Å². The molecule has 1 aromatic carbocycles. The minimum Gasteiger partial charge on any atom is -0.342 e. The van der Waals surface area contributed by atoms with Crippen LogP contribution in [0.15, 0.2) is 42.6 Å². The molecular weight excluding hydrogens is 324 g/mol. The van der Waals surface area contributed by atoms with E-state index in [0.29, 0.717) is 6.42 Å². The quantitative estimate of drug-likeness (QED) is 0.715. The first kappa shape index (κ1) is 15.6. The molecule has 0 radical (unpaired) electrons. The first-order valence-corrected chi connectivity index (χ1v) is 9.40. The highest BCUT2D eigenvalue weighted by atomic mass is 16.2. The Labute approximate surface area is 152 Å². The molecule has 1 atom stereocenters. The van der Waals surface area contributed by atoms with E-state index in [-0.39, 0.29) is 11.3 Å². The van der Waals surface area contributed by atoms with Crippen molar-refractivity contribution in [3.05, 3.63) is 48.3 Å². The van der Waals surface area contributed by atoms with E-state index < -0.39 is 0 Å². The highest BCUT2D eigenvalue weighted by molar-refractivity contribution is 5.82. The van der Waals surface area contributed by atoms with Crippen LogP contribution in [0.5, 0.6) is 0 Å². The number of pyridine rings is 1. The van der Waals surface area contributed by atoms with Gasteiger partial charge in [-0.1, -0.05) is 25.1 Å². The molecule has 0 aliphatic carbocycles. The van der Waals surface area contributed by atoms with Gasteiger partial charge in [0, 0.05) is 54.3 Å². The summed E-state index contributed by atoms with van der Waals surface area (Å²) in [5.41, 5.74) is 4.41. The number of carbonyl (C=O) groups excluding carboxylic acids is 1. The van der Waals surface area contributed by atoms with E-state index in [1.165, 1.54) is 5.69 Å². The van der Waals surface area contributed by atoms with Crippen molar-refractivity contribution in [2.45, 2.75) is 38.1 Å². The Bertz CT molecular complexity index is 1010. The van der Waals surface area contributed by atoms with Crippen molar-refractivity contribution in [1.82, 2.24) is 19.7 Å². The maximum atomic E-state index is 12.1. The normalized spacial score (nSPS) is 21.7. The standard InChI is InChI=1S/C21H22N4O/c1-2-20(26)24-9-7-21(14-24)8-10-25-19(21)12-18(23-25)16-11-15-5-3-4-6-17(15)22-13-16/h3-6,11-13H,2,7-10,14H2,1H3. The summed E-state index contributed by atoms with van der Waals surface area (Å²) in [6.45, 7) is 4.58. The smallest absolute Gasteiger partial charge is 0.222 e. The molecule has 2 aliphatic rings. The van der Waals surface area contributed by atoms with Crippen LogP contribution in [0.3, 0.4) is 0 Å². The summed E-state index contributed by atoms with van der Waals surface area (Å²) >= 11 is 0. The van der Waals surface area contributed by atoms with Crippen LogP contribution < -0.4 is 0 Å². The molecule has 0 saturated carbocycles. The third-order valence-corrected chi connectivity index (χ3v) is 6.02. The maximum Gasteiger partial charge on any atom is 0.222 e. The lowest BCUT2D eigenvalue weighted by molar-refractivity contribution is -0.130. The molecule has 4 heterocycles. The van der Waals surface area contributed by atoms with E-state index in [1.54, 1.807) is 0 Å². The molecule has 1 spiro atoms. The summed E-state index contributed by atoms with van der Waals surface area (Å²) in [6.07, 6.45) is 4.62. The van der Waals surface area contributed by atoms with Crippen LogP contribution in [0.4, 0.5) is 0 Å². The number of fused-ring (bicyclic) bond motifs is 3. The number of hydrogen-bond acceptors (Lipinski definition) is 3. The third-order valence-electron chi connectivity index (χ3n) is 6.02. The summed E-state index contributed by atoms with van der Waals surface area (Å²) in [5, 5.41) is 5.98. The lowest BCUT2D eigenvalue weighted by atomic mass is 9.82. The molecule has 1 unspecified atom stereocenters. The fourth-order valence-corrected chi connectivity index (χ4v) is 4.54. The van der Waals surface area contributed by atoms with Crippen LogP contribution in [-0.2, 0) is 16.8 Å². The van der Waals surface area contributed by atoms with Crippen molar-refractivity contribution >= 4 is 16.8 Å². The Hall–Kier alpha value is -2.69. The van der Waals surface area contributed by atoms with E-state index in [9.17, 15) is 4.79 Å². The van der Waals surface area contributed by atoms with Gasteiger partial charge >= 0.3 is 0 Å². The van der Waals surface area contributed by atoms with E-state index >= 15 is 0 Å². The number of benzene rings is 1. The topological polar surface area (TPSA) is 51.0 Å². The van der Waals surface area contributed by atoms with Crippen LogP contribution in [0.1, 0.15) is 31.9 Å². The Morgan fingerprint density at radius 2 is 2.04 bits per heavy atom. The third kappa shape index (κ3) is 2.26. The number of hydrogen-bond donors (Lipinski definition) is 0. The Morgan fingerprint density at radius 3 is 2.92 bits per heavy atom. The second kappa shape index (κ2) is 5.66. The molecule has 2 aromatic heterocycles. The van der Waals surface area contributed by atoms with Crippen molar-refractivity contribution in [3.63, 3.8) is 0 Å². The zero-order chi connectivity index (χ0) is 17.7. The summed E-state index contributed by atoms with van der Waals surface area (Å²) in [6, 6.07) is 12.5. The second-order valence-corrected chi connectivity index (χ2v) is 7.50. The zero-order valence-corrected chi connectivity index (χ0v) is 15.0. The molecule has 26 heavy (non-hydrogen) atoms. The summed E-state index contributed by atoms with van der Waals surface area (Å²) in [5.74, 6) is 0.263. The summed E-state index contributed by atoms with van der Waals surface area (Å²) in [4.78, 5) is 18.7. The van der Waals surface area contributed by atoms with Gasteiger partial charge < -0.3 is 4.90 Å². The number of aromatic nitrogens is 3. The molecule has 1 fully saturated rings. The van der Waals surface area contributed by atoms with Crippen molar-refractivity contribution in [2.75, 3.05) is 13.1 Å². The summed E-state index contributed by atoms with van der Waals surface area (Å²) < 4.78 is 2.14. The fourth-order valence-electron chi connectivity index (χ4n) is 4.54. The lowest BCUT2D eigenvalue weighted by Gasteiger charge is -2.23. The van der Waals surface area contributed by atoms with Gasteiger partial charge in [-0.05, 0) is 31.0 Å². The largest absolute Gasteiger partial charge is 0.342 e. The predicted octanol–water partition coefficient (Wildman–Crippen LogP) is 3.38. The van der Waals surface area contributed by atoms with Crippen molar-refractivity contribution in [3.8, 4) is 11.3 Å². The first-order chi connectivity index (χ1) is 12.7. The molecule has 2 aliphatic heterocycles. The molecule has 0 bridgehead atoms. The molecule has 0 N–H and O–H groups in total. The van der Waals surface area contributed by atoms with Crippen LogP contribution in [0.25, 0.3) is 22.2 Å². The second-order valence-electron chi connectivity index (χ2n) is 7.50. The van der Waals surface area contributed by atoms with Crippen molar-refractivity contribution < 1.29 is 4.79 Å². The Balaban J connectivity index is 1.50. The molecule has 132 valence electrons. The van der Waals surface area contributed by atoms with E-state index in [1.807, 2.05) is 36.2 Å². The van der Waals surface area contributed by atoms with Crippen LogP contribution in [0.2, 0.25) is 0 Å². The van der Waals surface area contributed by atoms with Gasteiger partial charge in [0.2, 0.25) is 5.91 Å². The zero-order valence-electron chi connectivity index (χ0n) is 15.0. The number of rotatable bonds is 2. The van der Waals surface area contributed by atoms with Gasteiger partial charge in [-0.15, -0.1) is 0 Å². The van der Waals surface area contributed by atoms with Gasteiger partial charge in [0.25, 0.3) is 0 Å². The van der Waals surface area contributed by atoms with Gasteiger partial charge in [-0.3, -0.25) is 14.5 Å². The molecule has 5 nitrogen and oxygen atoms in total. The van der Waals surface area contributed by atoms with Gasteiger partial charge in [0.1, 0.15) is 0 Å². The highest BCUT2D eigenvalue weighted by Crippen LogP contribution is 2.43. The van der Waals surface area contributed by atoms with Crippen LogP contribution in [-0.4, -0.2) is 38.7 Å². The molecule has 5 rings (SSSR count). The van der Waals surface area contributed by atoms with Gasteiger partial charge in [0.15, 0.2) is 0 Å². The van der Waals surface area contributed by atoms with E-state index in [4.69, 9.17) is 5.10 Å². The SMILES string of the molecule is CCC(=O)N1CCC2(CCn3nc(-c4cnc5ccccc5c4)cc32)C1. The van der Waals surface area contributed by atoms with Crippen LogP contribution >= 0.6 is 0 Å². The monoisotopic (exact) mass is 346 g/mol. The Morgan fingerprint density at radius 1 is 1.19 bits per heavy atom. The number of para-hydroxylation sites is 1. The maximum absolute atomic E-state index is 12.1. The minimum atomic E-state index is 0.0837.